The molecule has 0 saturated carbocycles. The molecule has 2 saturated heterocycles. The van der Waals surface area contributed by atoms with Crippen molar-refractivity contribution in [1.82, 2.24) is 9.88 Å². The first-order valence-electron chi connectivity index (χ1n) is 7.56. The minimum atomic E-state index is -0.969. The van der Waals surface area contributed by atoms with E-state index in [2.05, 4.69) is 21.7 Å². The Kier molecular flexibility index (Phi) is 3.71. The molecule has 21 heavy (non-hydrogen) atoms. The van der Waals surface area contributed by atoms with Crippen molar-refractivity contribution in [1.29, 1.82) is 0 Å². The maximum absolute atomic E-state index is 11.5. The molecule has 6 nitrogen and oxygen atoms in total. The van der Waals surface area contributed by atoms with Crippen LogP contribution in [-0.2, 0) is 0 Å². The highest BCUT2D eigenvalue weighted by atomic mass is 16.4. The first-order chi connectivity index (χ1) is 10.1. The first kappa shape index (κ1) is 14.1. The van der Waals surface area contributed by atoms with Gasteiger partial charge in [-0.3, -0.25) is 4.90 Å². The molecule has 2 aliphatic rings. The molecule has 0 bridgehead atoms. The van der Waals surface area contributed by atoms with Gasteiger partial charge in [-0.1, -0.05) is 6.42 Å². The quantitative estimate of drug-likeness (QED) is 0.857. The number of piperidine rings is 1. The number of nitrogen functional groups attached to an aromatic ring is 1. The highest BCUT2D eigenvalue weighted by Crippen LogP contribution is 2.29. The molecule has 0 spiro atoms. The normalized spacial score (nSPS) is 26.4. The van der Waals surface area contributed by atoms with E-state index in [4.69, 9.17) is 5.73 Å². The highest BCUT2D eigenvalue weighted by molar-refractivity contribution is 5.94. The van der Waals surface area contributed by atoms with Gasteiger partial charge < -0.3 is 15.7 Å². The number of carboxylic acid groups (broad SMARTS) is 1. The van der Waals surface area contributed by atoms with Crippen LogP contribution < -0.4 is 10.6 Å². The fourth-order valence-corrected chi connectivity index (χ4v) is 3.51. The maximum Gasteiger partial charge on any atom is 0.339 e. The lowest BCUT2D eigenvalue weighted by molar-refractivity contribution is 0.0695. The van der Waals surface area contributed by atoms with Gasteiger partial charge in [0.2, 0.25) is 0 Å². The number of anilines is 2. The fourth-order valence-electron chi connectivity index (χ4n) is 3.51. The summed E-state index contributed by atoms with van der Waals surface area (Å²) in [6, 6.07) is 2.27. The smallest absolute Gasteiger partial charge is 0.339 e. The van der Waals surface area contributed by atoms with Gasteiger partial charge in [-0.05, 0) is 32.4 Å². The number of carboxylic acids is 1. The van der Waals surface area contributed by atoms with E-state index in [-0.39, 0.29) is 11.6 Å². The standard InChI is InChI=1S/C15H22N4O2/c1-10-8-18-5-3-2-4-12(18)9-19(10)14-13(15(20)21)6-11(16)7-17-14/h6-7,10,12H,2-5,8-9,16H2,1H3,(H,20,21). The van der Waals surface area contributed by atoms with Crippen molar-refractivity contribution in [3.05, 3.63) is 17.8 Å². The zero-order valence-electron chi connectivity index (χ0n) is 12.3. The Bertz CT molecular complexity index is 548. The van der Waals surface area contributed by atoms with Crippen LogP contribution in [0, 0.1) is 0 Å². The molecule has 1 aromatic heterocycles. The Morgan fingerprint density at radius 2 is 2.24 bits per heavy atom. The van der Waals surface area contributed by atoms with Gasteiger partial charge in [0.05, 0.1) is 11.9 Å². The van der Waals surface area contributed by atoms with E-state index in [0.29, 0.717) is 17.5 Å². The number of piperazine rings is 1. The van der Waals surface area contributed by atoms with Gasteiger partial charge in [0.1, 0.15) is 11.4 Å². The Balaban J connectivity index is 1.91. The second-order valence-corrected chi connectivity index (χ2v) is 6.09. The molecule has 0 radical (unpaired) electrons. The third kappa shape index (κ3) is 2.68. The Labute approximate surface area is 124 Å². The molecule has 2 aliphatic heterocycles. The van der Waals surface area contributed by atoms with Gasteiger partial charge in [-0.25, -0.2) is 9.78 Å². The molecular formula is C15H22N4O2. The Morgan fingerprint density at radius 1 is 1.43 bits per heavy atom. The van der Waals surface area contributed by atoms with Crippen LogP contribution in [0.1, 0.15) is 36.5 Å². The number of hydrogen-bond donors (Lipinski definition) is 2. The van der Waals surface area contributed by atoms with Gasteiger partial charge in [-0.15, -0.1) is 0 Å². The van der Waals surface area contributed by atoms with E-state index in [1.54, 1.807) is 6.20 Å². The van der Waals surface area contributed by atoms with Gasteiger partial charge >= 0.3 is 5.97 Å². The molecule has 6 heteroatoms. The molecule has 0 aromatic carbocycles. The number of carbonyl (C=O) groups is 1. The number of hydrogen-bond acceptors (Lipinski definition) is 5. The van der Waals surface area contributed by atoms with Crippen molar-refractivity contribution in [3.8, 4) is 0 Å². The minimum Gasteiger partial charge on any atom is -0.478 e. The largest absolute Gasteiger partial charge is 0.478 e. The average molecular weight is 290 g/mol. The number of fused-ring (bicyclic) bond motifs is 1. The van der Waals surface area contributed by atoms with Crippen LogP contribution in [0.25, 0.3) is 0 Å². The summed E-state index contributed by atoms with van der Waals surface area (Å²) in [5.41, 5.74) is 6.27. The van der Waals surface area contributed by atoms with Crippen molar-refractivity contribution in [2.75, 3.05) is 30.3 Å². The molecule has 114 valence electrons. The third-order valence-corrected chi connectivity index (χ3v) is 4.58. The summed E-state index contributed by atoms with van der Waals surface area (Å²) >= 11 is 0. The fraction of sp³-hybridized carbons (Fsp3) is 0.600. The molecule has 2 fully saturated rings. The predicted molar refractivity (Wildman–Crippen MR) is 81.6 cm³/mol. The predicted octanol–water partition coefficient (Wildman–Crippen LogP) is 1.43. The van der Waals surface area contributed by atoms with Crippen LogP contribution in [0.3, 0.4) is 0 Å². The lowest BCUT2D eigenvalue weighted by Crippen LogP contribution is -2.59. The molecule has 3 rings (SSSR count). The number of aromatic carboxylic acids is 1. The van der Waals surface area contributed by atoms with Crippen molar-refractivity contribution in [3.63, 3.8) is 0 Å². The topological polar surface area (TPSA) is 82.7 Å². The summed E-state index contributed by atoms with van der Waals surface area (Å²) < 4.78 is 0. The molecule has 0 amide bonds. The summed E-state index contributed by atoms with van der Waals surface area (Å²) in [6.07, 6.45) is 5.25. The monoisotopic (exact) mass is 290 g/mol. The summed E-state index contributed by atoms with van der Waals surface area (Å²) in [6.45, 7) is 5.10. The molecule has 1 aromatic rings. The lowest BCUT2D eigenvalue weighted by Gasteiger charge is -2.48. The average Bonchev–Trinajstić information content (AvgIpc) is 2.46. The molecule has 2 unspecified atom stereocenters. The van der Waals surface area contributed by atoms with Gasteiger partial charge in [0.15, 0.2) is 0 Å². The van der Waals surface area contributed by atoms with E-state index in [0.717, 1.165) is 19.6 Å². The van der Waals surface area contributed by atoms with Crippen LogP contribution in [0.5, 0.6) is 0 Å². The SMILES string of the molecule is CC1CN2CCCCC2CN1c1ncc(N)cc1C(=O)O. The van der Waals surface area contributed by atoms with Crippen LogP contribution in [0.4, 0.5) is 11.5 Å². The minimum absolute atomic E-state index is 0.200. The van der Waals surface area contributed by atoms with E-state index >= 15 is 0 Å². The van der Waals surface area contributed by atoms with Gasteiger partial charge in [0, 0.05) is 25.2 Å². The maximum atomic E-state index is 11.5. The second kappa shape index (κ2) is 5.52. The number of aromatic nitrogens is 1. The molecule has 3 heterocycles. The number of rotatable bonds is 2. The highest BCUT2D eigenvalue weighted by Gasteiger charge is 2.35. The van der Waals surface area contributed by atoms with E-state index in [9.17, 15) is 9.90 Å². The zero-order chi connectivity index (χ0) is 15.0. The van der Waals surface area contributed by atoms with E-state index in [1.165, 1.54) is 25.3 Å². The number of nitrogens with zero attached hydrogens (tertiary/aromatic N) is 3. The van der Waals surface area contributed by atoms with Gasteiger partial charge in [-0.2, -0.15) is 0 Å². The summed E-state index contributed by atoms with van der Waals surface area (Å²) in [4.78, 5) is 20.5. The molecule has 0 aliphatic carbocycles. The van der Waals surface area contributed by atoms with Crippen molar-refractivity contribution in [2.45, 2.75) is 38.3 Å². The van der Waals surface area contributed by atoms with Crippen LogP contribution in [-0.4, -0.2) is 52.7 Å². The van der Waals surface area contributed by atoms with Crippen LogP contribution in [0.2, 0.25) is 0 Å². The van der Waals surface area contributed by atoms with Crippen LogP contribution >= 0.6 is 0 Å². The third-order valence-electron chi connectivity index (χ3n) is 4.58. The van der Waals surface area contributed by atoms with E-state index < -0.39 is 5.97 Å². The first-order valence-corrected chi connectivity index (χ1v) is 7.56. The van der Waals surface area contributed by atoms with Crippen molar-refractivity contribution in [2.24, 2.45) is 0 Å². The molecule has 2 atom stereocenters. The summed E-state index contributed by atoms with van der Waals surface area (Å²) in [5.74, 6) is -0.419. The van der Waals surface area contributed by atoms with Crippen molar-refractivity contribution < 1.29 is 9.90 Å². The molecular weight excluding hydrogens is 268 g/mol. The Morgan fingerprint density at radius 3 is 3.00 bits per heavy atom. The Hall–Kier alpha value is -1.82. The second-order valence-electron chi connectivity index (χ2n) is 6.09. The zero-order valence-corrected chi connectivity index (χ0v) is 12.3. The lowest BCUT2D eigenvalue weighted by atomic mass is 9.97. The van der Waals surface area contributed by atoms with E-state index in [1.807, 2.05) is 0 Å². The van der Waals surface area contributed by atoms with Crippen LogP contribution in [0.15, 0.2) is 12.3 Å². The summed E-state index contributed by atoms with van der Waals surface area (Å²) in [5, 5.41) is 9.41. The number of nitrogens with two attached hydrogens (primary N) is 1. The molecule has 3 N–H and O–H groups in total. The number of pyridine rings is 1. The van der Waals surface area contributed by atoms with Gasteiger partial charge in [0.25, 0.3) is 0 Å². The van der Waals surface area contributed by atoms with Crippen molar-refractivity contribution >= 4 is 17.5 Å². The summed E-state index contributed by atoms with van der Waals surface area (Å²) in [7, 11) is 0.